The average molecular weight is 269 g/mol. The summed E-state index contributed by atoms with van der Waals surface area (Å²) in [5.41, 5.74) is 7.95. The zero-order valence-corrected chi connectivity index (χ0v) is 12.4. The van der Waals surface area contributed by atoms with Gasteiger partial charge in [0.2, 0.25) is 0 Å². The van der Waals surface area contributed by atoms with Crippen molar-refractivity contribution in [2.45, 2.75) is 39.7 Å². The normalized spacial score (nSPS) is 11.7. The molecule has 1 aromatic carbocycles. The van der Waals surface area contributed by atoms with Crippen LogP contribution >= 0.6 is 0 Å². The van der Waals surface area contributed by atoms with Gasteiger partial charge in [-0.15, -0.1) is 0 Å². The van der Waals surface area contributed by atoms with Crippen molar-refractivity contribution in [1.82, 2.24) is 4.57 Å². The van der Waals surface area contributed by atoms with Gasteiger partial charge in [0.15, 0.2) is 0 Å². The third-order valence-electron chi connectivity index (χ3n) is 3.77. The van der Waals surface area contributed by atoms with Crippen molar-refractivity contribution in [2.75, 3.05) is 6.54 Å². The molecule has 0 aliphatic carbocycles. The fraction of sp³-hybridized carbons (Fsp3) is 0.471. The molecule has 0 bridgehead atoms. The molecular weight excluding hydrogens is 246 g/mol. The Bertz CT molecular complexity index is 617. The number of nitrogens with two attached hydrogens (primary N) is 1. The number of rotatable bonds is 6. The molecule has 2 aromatic rings. The van der Waals surface area contributed by atoms with E-state index in [1.165, 1.54) is 16.5 Å². The molecule has 0 saturated heterocycles. The molecular formula is C17H23N3. The topological polar surface area (TPSA) is 54.7 Å². The van der Waals surface area contributed by atoms with Crippen LogP contribution < -0.4 is 5.73 Å². The van der Waals surface area contributed by atoms with Crippen LogP contribution in [0.2, 0.25) is 0 Å². The fourth-order valence-corrected chi connectivity index (χ4v) is 2.49. The van der Waals surface area contributed by atoms with Gasteiger partial charge in [-0.2, -0.15) is 5.26 Å². The summed E-state index contributed by atoms with van der Waals surface area (Å²) < 4.78 is 2.28. The van der Waals surface area contributed by atoms with Crippen LogP contribution in [-0.2, 0) is 13.0 Å². The highest BCUT2D eigenvalue weighted by atomic mass is 14.9. The van der Waals surface area contributed by atoms with Crippen molar-refractivity contribution in [1.29, 1.82) is 5.26 Å². The Balaban J connectivity index is 2.10. The van der Waals surface area contributed by atoms with Crippen molar-refractivity contribution in [3.63, 3.8) is 0 Å². The standard InChI is InChI=1S/C17H23N3/c1-17(2,13-19)8-3-10-20-11-7-15-5-4-14(6-9-18)12-16(15)20/h4-5,7,11-12H,3,6,8-10,18H2,1-2H3. The van der Waals surface area contributed by atoms with Crippen LogP contribution in [0.1, 0.15) is 32.3 Å². The van der Waals surface area contributed by atoms with Crippen molar-refractivity contribution < 1.29 is 0 Å². The summed E-state index contributed by atoms with van der Waals surface area (Å²) in [7, 11) is 0. The summed E-state index contributed by atoms with van der Waals surface area (Å²) in [6.07, 6.45) is 5.00. The predicted octanol–water partition coefficient (Wildman–Crippen LogP) is 3.47. The van der Waals surface area contributed by atoms with Crippen LogP contribution in [0.3, 0.4) is 0 Å². The number of nitriles is 1. The van der Waals surface area contributed by atoms with Gasteiger partial charge in [0.05, 0.1) is 11.5 Å². The van der Waals surface area contributed by atoms with Gasteiger partial charge in [-0.05, 0) is 62.7 Å². The van der Waals surface area contributed by atoms with Gasteiger partial charge < -0.3 is 10.3 Å². The zero-order valence-electron chi connectivity index (χ0n) is 12.4. The molecule has 2 N–H and O–H groups in total. The summed E-state index contributed by atoms with van der Waals surface area (Å²) >= 11 is 0. The lowest BCUT2D eigenvalue weighted by atomic mass is 9.90. The highest BCUT2D eigenvalue weighted by Gasteiger charge is 2.15. The van der Waals surface area contributed by atoms with Crippen LogP contribution in [-0.4, -0.2) is 11.1 Å². The number of aryl methyl sites for hydroxylation is 1. The summed E-state index contributed by atoms with van der Waals surface area (Å²) in [5.74, 6) is 0. The van der Waals surface area contributed by atoms with Crippen molar-refractivity contribution in [2.24, 2.45) is 11.1 Å². The number of hydrogen-bond acceptors (Lipinski definition) is 2. The Morgan fingerprint density at radius 3 is 2.80 bits per heavy atom. The molecule has 3 heteroatoms. The summed E-state index contributed by atoms with van der Waals surface area (Å²) in [5, 5.41) is 10.3. The van der Waals surface area contributed by atoms with E-state index < -0.39 is 0 Å². The SMILES string of the molecule is CC(C)(C#N)CCCn1ccc2ccc(CCN)cc21. The maximum atomic E-state index is 9.05. The first-order chi connectivity index (χ1) is 9.55. The van der Waals surface area contributed by atoms with E-state index in [0.717, 1.165) is 25.8 Å². The lowest BCUT2D eigenvalue weighted by molar-refractivity contribution is 0.418. The molecule has 1 aromatic heterocycles. The molecule has 0 aliphatic rings. The van der Waals surface area contributed by atoms with Crippen LogP contribution in [0.25, 0.3) is 10.9 Å². The molecule has 0 saturated carbocycles. The summed E-state index contributed by atoms with van der Waals surface area (Å²) in [6.45, 7) is 5.64. The molecule has 0 spiro atoms. The second-order valence-electron chi connectivity index (χ2n) is 6.04. The molecule has 0 aliphatic heterocycles. The Morgan fingerprint density at radius 1 is 1.30 bits per heavy atom. The highest BCUT2D eigenvalue weighted by molar-refractivity contribution is 5.80. The maximum absolute atomic E-state index is 9.05. The molecule has 3 nitrogen and oxygen atoms in total. The van der Waals surface area contributed by atoms with E-state index in [4.69, 9.17) is 11.0 Å². The van der Waals surface area contributed by atoms with E-state index in [0.29, 0.717) is 6.54 Å². The quantitative estimate of drug-likeness (QED) is 0.873. The fourth-order valence-electron chi connectivity index (χ4n) is 2.49. The van der Waals surface area contributed by atoms with E-state index in [1.807, 2.05) is 13.8 Å². The first-order valence-corrected chi connectivity index (χ1v) is 7.25. The zero-order chi connectivity index (χ0) is 14.6. The molecule has 0 amide bonds. The van der Waals surface area contributed by atoms with Crippen LogP contribution in [0.15, 0.2) is 30.5 Å². The average Bonchev–Trinajstić information content (AvgIpc) is 2.82. The Hall–Kier alpha value is -1.79. The number of benzene rings is 1. The van der Waals surface area contributed by atoms with E-state index in [9.17, 15) is 0 Å². The van der Waals surface area contributed by atoms with Crippen molar-refractivity contribution >= 4 is 10.9 Å². The molecule has 0 atom stereocenters. The first kappa shape index (κ1) is 14.6. The van der Waals surface area contributed by atoms with Gasteiger partial charge in [0, 0.05) is 18.3 Å². The lowest BCUT2D eigenvalue weighted by Crippen LogP contribution is -2.09. The molecule has 0 radical (unpaired) electrons. The van der Waals surface area contributed by atoms with E-state index in [1.54, 1.807) is 0 Å². The Kier molecular flexibility index (Phi) is 4.46. The number of hydrogen-bond donors (Lipinski definition) is 1. The highest BCUT2D eigenvalue weighted by Crippen LogP contribution is 2.23. The first-order valence-electron chi connectivity index (χ1n) is 7.25. The van der Waals surface area contributed by atoms with Gasteiger partial charge in [-0.1, -0.05) is 12.1 Å². The lowest BCUT2D eigenvalue weighted by Gasteiger charge is -2.15. The Morgan fingerprint density at radius 2 is 2.10 bits per heavy atom. The second kappa shape index (κ2) is 6.11. The van der Waals surface area contributed by atoms with Gasteiger partial charge >= 0.3 is 0 Å². The molecule has 0 fully saturated rings. The monoisotopic (exact) mass is 269 g/mol. The largest absolute Gasteiger partial charge is 0.347 e. The smallest absolute Gasteiger partial charge is 0.0683 e. The van der Waals surface area contributed by atoms with Crippen molar-refractivity contribution in [3.8, 4) is 6.07 Å². The second-order valence-corrected chi connectivity index (χ2v) is 6.04. The van der Waals surface area contributed by atoms with Crippen LogP contribution in [0, 0.1) is 16.7 Å². The van der Waals surface area contributed by atoms with Crippen LogP contribution in [0.4, 0.5) is 0 Å². The number of aromatic nitrogens is 1. The van der Waals surface area contributed by atoms with E-state index in [2.05, 4.69) is 41.1 Å². The maximum Gasteiger partial charge on any atom is 0.0683 e. The van der Waals surface area contributed by atoms with E-state index >= 15 is 0 Å². The van der Waals surface area contributed by atoms with Gasteiger partial charge in [0.25, 0.3) is 0 Å². The predicted molar refractivity (Wildman–Crippen MR) is 83.3 cm³/mol. The summed E-state index contributed by atoms with van der Waals surface area (Å²) in [4.78, 5) is 0. The molecule has 106 valence electrons. The molecule has 20 heavy (non-hydrogen) atoms. The minimum absolute atomic E-state index is 0.229. The molecule has 1 heterocycles. The van der Waals surface area contributed by atoms with Gasteiger partial charge in [-0.25, -0.2) is 0 Å². The van der Waals surface area contributed by atoms with Gasteiger partial charge in [0.1, 0.15) is 0 Å². The minimum Gasteiger partial charge on any atom is -0.347 e. The summed E-state index contributed by atoms with van der Waals surface area (Å²) in [6, 6.07) is 11.1. The molecule has 2 rings (SSSR count). The third-order valence-corrected chi connectivity index (χ3v) is 3.77. The number of fused-ring (bicyclic) bond motifs is 1. The minimum atomic E-state index is -0.229. The number of nitrogens with zero attached hydrogens (tertiary/aromatic N) is 2. The van der Waals surface area contributed by atoms with Crippen LogP contribution in [0.5, 0.6) is 0 Å². The Labute approximate surface area is 121 Å². The third kappa shape index (κ3) is 3.40. The van der Waals surface area contributed by atoms with E-state index in [-0.39, 0.29) is 5.41 Å². The molecule has 0 unspecified atom stereocenters. The van der Waals surface area contributed by atoms with Crippen molar-refractivity contribution in [3.05, 3.63) is 36.0 Å². The van der Waals surface area contributed by atoms with Gasteiger partial charge in [-0.3, -0.25) is 0 Å².